The Morgan fingerprint density at radius 2 is 1.39 bits per heavy atom. The van der Waals surface area contributed by atoms with Gasteiger partial charge in [0.2, 0.25) is 5.91 Å². The number of aryl methyl sites for hydroxylation is 2. The molecule has 2 atom stereocenters. The molecule has 0 aliphatic carbocycles. The number of hydrogen-bond donors (Lipinski definition) is 0. The van der Waals surface area contributed by atoms with Crippen LogP contribution in [0.1, 0.15) is 28.2 Å². The Morgan fingerprint density at radius 3 is 2.00 bits per heavy atom. The molecule has 4 rings (SSSR count). The zero-order chi connectivity index (χ0) is 22.0. The summed E-state index contributed by atoms with van der Waals surface area (Å²) in [5, 5.41) is -1.22. The molecule has 3 aromatic carbocycles. The predicted octanol–water partition coefficient (Wildman–Crippen LogP) is 4.79. The SMILES string of the molecule is Cc1ccc(C2C=CN(Cc3ccccc3)C(=O)C2S(=O)(=O)c2ccc(C)cc2)cc1. The quantitative estimate of drug-likeness (QED) is 0.584. The lowest BCUT2D eigenvalue weighted by atomic mass is 9.91. The average molecular weight is 432 g/mol. The summed E-state index contributed by atoms with van der Waals surface area (Å²) in [6.45, 7) is 4.21. The van der Waals surface area contributed by atoms with Gasteiger partial charge in [-0.25, -0.2) is 8.42 Å². The number of rotatable bonds is 5. The molecule has 0 N–H and O–H groups in total. The Bertz CT molecular complexity index is 1200. The highest BCUT2D eigenvalue weighted by molar-refractivity contribution is 7.92. The Morgan fingerprint density at radius 1 is 0.806 bits per heavy atom. The van der Waals surface area contributed by atoms with E-state index in [1.807, 2.05) is 74.5 Å². The lowest BCUT2D eigenvalue weighted by Crippen LogP contribution is -2.46. The van der Waals surface area contributed by atoms with E-state index in [9.17, 15) is 13.2 Å². The Labute approximate surface area is 183 Å². The summed E-state index contributed by atoms with van der Waals surface area (Å²) in [7, 11) is -3.90. The molecule has 0 spiro atoms. The first-order chi connectivity index (χ1) is 14.9. The summed E-state index contributed by atoms with van der Waals surface area (Å²) in [5.41, 5.74) is 3.81. The van der Waals surface area contributed by atoms with Crippen molar-refractivity contribution in [1.82, 2.24) is 4.90 Å². The zero-order valence-corrected chi connectivity index (χ0v) is 18.4. The van der Waals surface area contributed by atoms with E-state index in [2.05, 4.69) is 0 Å². The Kier molecular flexibility index (Phi) is 5.79. The number of nitrogens with zero attached hydrogens (tertiary/aromatic N) is 1. The van der Waals surface area contributed by atoms with Crippen LogP contribution in [-0.2, 0) is 21.2 Å². The molecule has 0 radical (unpaired) electrons. The molecule has 2 unspecified atom stereocenters. The highest BCUT2D eigenvalue weighted by atomic mass is 32.2. The number of sulfone groups is 1. The largest absolute Gasteiger partial charge is 0.314 e. The van der Waals surface area contributed by atoms with Crippen molar-refractivity contribution in [2.75, 3.05) is 0 Å². The smallest absolute Gasteiger partial charge is 0.246 e. The van der Waals surface area contributed by atoms with E-state index >= 15 is 0 Å². The fraction of sp³-hybridized carbons (Fsp3) is 0.192. The van der Waals surface area contributed by atoms with Crippen molar-refractivity contribution in [3.8, 4) is 0 Å². The van der Waals surface area contributed by atoms with Gasteiger partial charge in [-0.2, -0.15) is 0 Å². The maximum absolute atomic E-state index is 13.7. The summed E-state index contributed by atoms with van der Waals surface area (Å²) in [5.74, 6) is -0.955. The third kappa shape index (κ3) is 4.32. The normalized spacial score (nSPS) is 18.9. The number of carbonyl (C=O) groups excluding carboxylic acids is 1. The third-order valence-corrected chi connectivity index (χ3v) is 7.76. The van der Waals surface area contributed by atoms with Crippen molar-refractivity contribution in [3.63, 3.8) is 0 Å². The van der Waals surface area contributed by atoms with Gasteiger partial charge in [0.15, 0.2) is 15.1 Å². The second-order valence-corrected chi connectivity index (χ2v) is 10.1. The highest BCUT2D eigenvalue weighted by Gasteiger charge is 2.44. The summed E-state index contributed by atoms with van der Waals surface area (Å²) < 4.78 is 27.4. The van der Waals surface area contributed by atoms with E-state index in [-0.39, 0.29) is 4.90 Å². The van der Waals surface area contributed by atoms with Crippen LogP contribution < -0.4 is 0 Å². The van der Waals surface area contributed by atoms with Gasteiger partial charge in [-0.1, -0.05) is 83.9 Å². The van der Waals surface area contributed by atoms with Gasteiger partial charge in [-0.3, -0.25) is 4.79 Å². The first-order valence-corrected chi connectivity index (χ1v) is 11.8. The summed E-state index contributed by atoms with van der Waals surface area (Å²) >= 11 is 0. The van der Waals surface area contributed by atoms with Gasteiger partial charge in [0, 0.05) is 12.1 Å². The van der Waals surface area contributed by atoms with E-state index < -0.39 is 26.9 Å². The lowest BCUT2D eigenvalue weighted by Gasteiger charge is -2.33. The minimum atomic E-state index is -3.90. The van der Waals surface area contributed by atoms with Crippen LogP contribution in [0.25, 0.3) is 0 Å². The molecule has 1 amide bonds. The standard InChI is InChI=1S/C26H25NO3S/c1-19-8-12-22(13-9-19)24-16-17-27(18-21-6-4-3-5-7-21)26(28)25(24)31(29,30)23-14-10-20(2)11-15-23/h3-17,24-25H,18H2,1-2H3. The average Bonchev–Trinajstić information content (AvgIpc) is 2.76. The molecule has 5 heteroatoms. The molecule has 3 aromatic rings. The molecule has 1 heterocycles. The number of carbonyl (C=O) groups is 1. The number of benzene rings is 3. The third-order valence-electron chi connectivity index (χ3n) is 5.67. The number of allylic oxidation sites excluding steroid dienone is 1. The number of hydrogen-bond acceptors (Lipinski definition) is 3. The topological polar surface area (TPSA) is 54.5 Å². The van der Waals surface area contributed by atoms with Crippen molar-refractivity contribution in [1.29, 1.82) is 0 Å². The minimum absolute atomic E-state index is 0.170. The molecule has 4 nitrogen and oxygen atoms in total. The van der Waals surface area contributed by atoms with Crippen molar-refractivity contribution in [3.05, 3.63) is 113 Å². The van der Waals surface area contributed by atoms with E-state index in [4.69, 9.17) is 0 Å². The fourth-order valence-corrected chi connectivity index (χ4v) is 5.72. The van der Waals surface area contributed by atoms with Crippen molar-refractivity contribution < 1.29 is 13.2 Å². The summed E-state index contributed by atoms with van der Waals surface area (Å²) in [4.78, 5) is 15.2. The van der Waals surface area contributed by atoms with Gasteiger partial charge in [0.25, 0.3) is 0 Å². The van der Waals surface area contributed by atoms with Gasteiger partial charge < -0.3 is 4.90 Å². The van der Waals surface area contributed by atoms with Gasteiger partial charge in [-0.15, -0.1) is 0 Å². The molecule has 1 aliphatic heterocycles. The first kappa shape index (κ1) is 21.1. The van der Waals surface area contributed by atoms with Crippen LogP contribution >= 0.6 is 0 Å². The van der Waals surface area contributed by atoms with E-state index in [1.54, 1.807) is 30.5 Å². The zero-order valence-electron chi connectivity index (χ0n) is 17.6. The molecule has 0 saturated carbocycles. The van der Waals surface area contributed by atoms with E-state index in [0.717, 1.165) is 22.3 Å². The molecular formula is C26H25NO3S. The monoisotopic (exact) mass is 431 g/mol. The van der Waals surface area contributed by atoms with E-state index in [1.165, 1.54) is 4.90 Å². The van der Waals surface area contributed by atoms with Crippen LogP contribution in [0.3, 0.4) is 0 Å². The van der Waals surface area contributed by atoms with E-state index in [0.29, 0.717) is 6.54 Å². The van der Waals surface area contributed by atoms with Gasteiger partial charge in [0.1, 0.15) is 0 Å². The fourth-order valence-electron chi connectivity index (χ4n) is 3.87. The second kappa shape index (κ2) is 8.52. The summed E-state index contributed by atoms with van der Waals surface area (Å²) in [6.07, 6.45) is 3.56. The van der Waals surface area contributed by atoms with Gasteiger partial charge >= 0.3 is 0 Å². The maximum atomic E-state index is 13.7. The van der Waals surface area contributed by atoms with Crippen molar-refractivity contribution in [2.24, 2.45) is 0 Å². The van der Waals surface area contributed by atoms with Crippen molar-refractivity contribution in [2.45, 2.75) is 36.5 Å². The Balaban J connectivity index is 1.78. The predicted molar refractivity (Wildman–Crippen MR) is 122 cm³/mol. The molecule has 158 valence electrons. The van der Waals surface area contributed by atoms with Crippen LogP contribution in [0.2, 0.25) is 0 Å². The van der Waals surface area contributed by atoms with Crippen LogP contribution in [-0.4, -0.2) is 24.5 Å². The highest BCUT2D eigenvalue weighted by Crippen LogP contribution is 2.35. The van der Waals surface area contributed by atoms with Crippen LogP contribution in [0.15, 0.2) is 96.0 Å². The molecule has 0 aromatic heterocycles. The van der Waals surface area contributed by atoms with Crippen LogP contribution in [0.5, 0.6) is 0 Å². The second-order valence-electron chi connectivity index (χ2n) is 8.01. The molecule has 0 bridgehead atoms. The molecule has 0 fully saturated rings. The Hall–Kier alpha value is -3.18. The van der Waals surface area contributed by atoms with Crippen LogP contribution in [0, 0.1) is 13.8 Å². The first-order valence-electron chi connectivity index (χ1n) is 10.3. The summed E-state index contributed by atoms with van der Waals surface area (Å²) in [6, 6.07) is 24.0. The molecule has 0 saturated heterocycles. The molecular weight excluding hydrogens is 406 g/mol. The van der Waals surface area contributed by atoms with Crippen LogP contribution in [0.4, 0.5) is 0 Å². The van der Waals surface area contributed by atoms with Gasteiger partial charge in [0.05, 0.1) is 11.4 Å². The lowest BCUT2D eigenvalue weighted by molar-refractivity contribution is -0.129. The minimum Gasteiger partial charge on any atom is -0.314 e. The van der Waals surface area contributed by atoms with Crippen molar-refractivity contribution >= 4 is 15.7 Å². The van der Waals surface area contributed by atoms with Gasteiger partial charge in [-0.05, 0) is 37.1 Å². The molecule has 31 heavy (non-hydrogen) atoms. The number of amides is 1. The maximum Gasteiger partial charge on any atom is 0.246 e. The molecule has 1 aliphatic rings.